The van der Waals surface area contributed by atoms with Crippen LogP contribution in [0, 0.1) is 0 Å². The van der Waals surface area contributed by atoms with Gasteiger partial charge in [0.2, 0.25) is 5.91 Å². The van der Waals surface area contributed by atoms with Gasteiger partial charge in [-0.2, -0.15) is 0 Å². The van der Waals surface area contributed by atoms with Crippen LogP contribution in [0.5, 0.6) is 0 Å². The summed E-state index contributed by atoms with van der Waals surface area (Å²) < 4.78 is 1.96. The van der Waals surface area contributed by atoms with Crippen molar-refractivity contribution < 1.29 is 4.79 Å². The van der Waals surface area contributed by atoms with E-state index in [0.717, 1.165) is 43.1 Å². The van der Waals surface area contributed by atoms with Crippen molar-refractivity contribution >= 4 is 5.91 Å². The molecule has 6 heteroatoms. The molecule has 1 fully saturated rings. The average molecular weight is 311 g/mol. The summed E-state index contributed by atoms with van der Waals surface area (Å²) in [6.07, 6.45) is 11.4. The number of piperidine rings is 1. The fourth-order valence-electron chi connectivity index (χ4n) is 3.04. The van der Waals surface area contributed by atoms with Gasteiger partial charge >= 0.3 is 0 Å². The number of carbonyl (C=O) groups excluding carboxylic acids is 1. The summed E-state index contributed by atoms with van der Waals surface area (Å²) in [7, 11) is 0. The Morgan fingerprint density at radius 3 is 3.13 bits per heavy atom. The highest BCUT2D eigenvalue weighted by Crippen LogP contribution is 2.26. The lowest BCUT2D eigenvalue weighted by molar-refractivity contribution is -0.127. The first kappa shape index (κ1) is 15.4. The molecule has 0 aromatic carbocycles. The molecule has 2 aromatic heterocycles. The van der Waals surface area contributed by atoms with Crippen LogP contribution in [0.1, 0.15) is 37.2 Å². The van der Waals surface area contributed by atoms with Gasteiger partial charge in [0, 0.05) is 44.0 Å². The molecule has 1 saturated heterocycles. The second-order valence-corrected chi connectivity index (χ2v) is 5.70. The van der Waals surface area contributed by atoms with Crippen molar-refractivity contribution in [2.45, 2.75) is 32.1 Å². The van der Waals surface area contributed by atoms with Crippen LogP contribution in [0.2, 0.25) is 0 Å². The second kappa shape index (κ2) is 6.73. The lowest BCUT2D eigenvalue weighted by Gasteiger charge is -2.31. The van der Waals surface area contributed by atoms with Gasteiger partial charge in [-0.1, -0.05) is 13.5 Å². The Morgan fingerprint density at radius 2 is 2.35 bits per heavy atom. The van der Waals surface area contributed by atoms with E-state index in [1.54, 1.807) is 18.6 Å². The molecular formula is C17H21N5O. The van der Waals surface area contributed by atoms with Gasteiger partial charge in [-0.3, -0.25) is 14.3 Å². The van der Waals surface area contributed by atoms with Crippen molar-refractivity contribution in [1.82, 2.24) is 24.4 Å². The maximum absolute atomic E-state index is 11.8. The predicted octanol–water partition coefficient (Wildman–Crippen LogP) is 2.12. The molecule has 6 nitrogen and oxygen atoms in total. The molecule has 0 aliphatic carbocycles. The van der Waals surface area contributed by atoms with Crippen LogP contribution < -0.4 is 0 Å². The largest absolute Gasteiger partial charge is 0.339 e. The number of hydrogen-bond acceptors (Lipinski definition) is 4. The minimum atomic E-state index is -0.0123. The topological polar surface area (TPSA) is 63.9 Å². The molecule has 1 aliphatic heterocycles. The van der Waals surface area contributed by atoms with Crippen molar-refractivity contribution in [3.63, 3.8) is 0 Å². The first-order chi connectivity index (χ1) is 11.2. The first-order valence-corrected chi connectivity index (χ1v) is 7.98. The molecule has 0 bridgehead atoms. The Morgan fingerprint density at radius 1 is 1.48 bits per heavy atom. The number of nitrogens with zero attached hydrogens (tertiary/aromatic N) is 5. The van der Waals surface area contributed by atoms with Crippen molar-refractivity contribution in [1.29, 1.82) is 0 Å². The molecule has 3 heterocycles. The van der Waals surface area contributed by atoms with Gasteiger partial charge in [0.15, 0.2) is 5.82 Å². The number of aryl methyl sites for hydroxylation is 1. The lowest BCUT2D eigenvalue weighted by atomic mass is 9.95. The van der Waals surface area contributed by atoms with Crippen molar-refractivity contribution in [2.24, 2.45) is 0 Å². The molecule has 1 amide bonds. The van der Waals surface area contributed by atoms with E-state index in [9.17, 15) is 4.79 Å². The third-order valence-corrected chi connectivity index (χ3v) is 4.25. The Balaban J connectivity index is 1.85. The molecule has 1 atom stereocenters. The normalized spacial score (nSPS) is 18.0. The highest BCUT2D eigenvalue weighted by Gasteiger charge is 2.25. The van der Waals surface area contributed by atoms with Gasteiger partial charge in [-0.05, 0) is 18.9 Å². The maximum atomic E-state index is 11.8. The van der Waals surface area contributed by atoms with Crippen molar-refractivity contribution in [3.05, 3.63) is 49.0 Å². The molecule has 2 aromatic rings. The van der Waals surface area contributed by atoms with E-state index in [0.29, 0.717) is 6.54 Å². The molecule has 0 N–H and O–H groups in total. The lowest BCUT2D eigenvalue weighted by Crippen LogP contribution is -2.38. The fourth-order valence-corrected chi connectivity index (χ4v) is 3.04. The van der Waals surface area contributed by atoms with E-state index >= 15 is 0 Å². The Hall–Kier alpha value is -2.50. The van der Waals surface area contributed by atoms with E-state index in [-0.39, 0.29) is 11.8 Å². The van der Waals surface area contributed by atoms with E-state index in [1.807, 2.05) is 15.7 Å². The quantitative estimate of drug-likeness (QED) is 0.811. The highest BCUT2D eigenvalue weighted by atomic mass is 16.2. The van der Waals surface area contributed by atoms with E-state index in [4.69, 9.17) is 4.98 Å². The minimum absolute atomic E-state index is 0.0123. The van der Waals surface area contributed by atoms with Gasteiger partial charge in [-0.25, -0.2) is 9.97 Å². The number of aromatic nitrogens is 4. The highest BCUT2D eigenvalue weighted by molar-refractivity contribution is 5.87. The Kier molecular flexibility index (Phi) is 4.50. The average Bonchev–Trinajstić information content (AvgIpc) is 3.10. The van der Waals surface area contributed by atoms with Crippen LogP contribution in [0.3, 0.4) is 0 Å². The van der Waals surface area contributed by atoms with Gasteiger partial charge < -0.3 is 4.90 Å². The second-order valence-electron chi connectivity index (χ2n) is 5.70. The van der Waals surface area contributed by atoms with Crippen LogP contribution >= 0.6 is 0 Å². The number of rotatable bonds is 4. The molecule has 0 radical (unpaired) electrons. The summed E-state index contributed by atoms with van der Waals surface area (Å²) in [6.45, 7) is 7.10. The Labute approximate surface area is 135 Å². The molecule has 1 unspecified atom stereocenters. The number of imidazole rings is 1. The van der Waals surface area contributed by atoms with E-state index in [2.05, 4.69) is 23.5 Å². The molecule has 3 rings (SSSR count). The number of amides is 1. The number of hydrogen-bond donors (Lipinski definition) is 0. The smallest absolute Gasteiger partial charge is 0.245 e. The Bertz CT molecular complexity index is 709. The minimum Gasteiger partial charge on any atom is -0.339 e. The maximum Gasteiger partial charge on any atom is 0.245 e. The zero-order chi connectivity index (χ0) is 16.2. The molecule has 120 valence electrons. The number of likely N-dealkylation sites (tertiary alicyclic amines) is 1. The predicted molar refractivity (Wildman–Crippen MR) is 87.3 cm³/mol. The molecule has 1 aliphatic rings. The van der Waals surface area contributed by atoms with Crippen LogP contribution in [0.25, 0.3) is 5.82 Å². The zero-order valence-corrected chi connectivity index (χ0v) is 13.4. The van der Waals surface area contributed by atoms with Gasteiger partial charge in [-0.15, -0.1) is 0 Å². The molecule has 0 saturated carbocycles. The van der Waals surface area contributed by atoms with Crippen LogP contribution in [0.4, 0.5) is 0 Å². The standard InChI is InChI=1S/C17H21N5O/c1-3-15-19-7-9-22(15)16-11-18-10-14(20-16)13-6-5-8-21(12-13)17(23)4-2/h4,7,9-11,13H,2-3,5-6,8,12H2,1H3. The van der Waals surface area contributed by atoms with Crippen LogP contribution in [-0.4, -0.2) is 43.4 Å². The van der Waals surface area contributed by atoms with Crippen molar-refractivity contribution in [3.8, 4) is 5.82 Å². The molecule has 23 heavy (non-hydrogen) atoms. The zero-order valence-electron chi connectivity index (χ0n) is 13.4. The fraction of sp³-hybridized carbons (Fsp3) is 0.412. The SMILES string of the molecule is C=CC(=O)N1CCCC(c2cncc(-n3ccnc3CC)n2)C1. The number of carbonyl (C=O) groups is 1. The molecular weight excluding hydrogens is 290 g/mol. The van der Waals surface area contributed by atoms with Gasteiger partial charge in [0.25, 0.3) is 0 Å². The van der Waals surface area contributed by atoms with Gasteiger partial charge in [0.05, 0.1) is 11.9 Å². The summed E-state index contributed by atoms with van der Waals surface area (Å²) in [5, 5.41) is 0. The summed E-state index contributed by atoms with van der Waals surface area (Å²) in [4.78, 5) is 27.1. The third kappa shape index (κ3) is 3.16. The summed E-state index contributed by atoms with van der Waals surface area (Å²) in [5.74, 6) is 1.95. The monoisotopic (exact) mass is 311 g/mol. The first-order valence-electron chi connectivity index (χ1n) is 7.98. The van der Waals surface area contributed by atoms with Crippen molar-refractivity contribution in [2.75, 3.05) is 13.1 Å². The summed E-state index contributed by atoms with van der Waals surface area (Å²) >= 11 is 0. The van der Waals surface area contributed by atoms with Gasteiger partial charge in [0.1, 0.15) is 5.82 Å². The van der Waals surface area contributed by atoms with E-state index < -0.39 is 0 Å². The van der Waals surface area contributed by atoms with Crippen LogP contribution in [-0.2, 0) is 11.2 Å². The third-order valence-electron chi connectivity index (χ3n) is 4.25. The van der Waals surface area contributed by atoms with Crippen LogP contribution in [0.15, 0.2) is 37.4 Å². The van der Waals surface area contributed by atoms with E-state index in [1.165, 1.54) is 6.08 Å². The summed E-state index contributed by atoms with van der Waals surface area (Å²) in [5.41, 5.74) is 0.930. The molecule has 0 spiro atoms. The summed E-state index contributed by atoms with van der Waals surface area (Å²) in [6, 6.07) is 0.